The van der Waals surface area contributed by atoms with Crippen molar-refractivity contribution in [3.63, 3.8) is 0 Å². The molecule has 1 unspecified atom stereocenters. The molecule has 0 radical (unpaired) electrons. The van der Waals surface area contributed by atoms with Gasteiger partial charge in [0.2, 0.25) is 5.91 Å². The summed E-state index contributed by atoms with van der Waals surface area (Å²) < 4.78 is 26.8. The van der Waals surface area contributed by atoms with Crippen LogP contribution < -0.4 is 16.6 Å². The van der Waals surface area contributed by atoms with Crippen LogP contribution in [0, 0.1) is 0 Å². The molecule has 0 saturated carbocycles. The van der Waals surface area contributed by atoms with E-state index >= 15 is 0 Å². The number of aromatic nitrogens is 2. The fourth-order valence-corrected chi connectivity index (χ4v) is 3.21. The number of hydrogen-bond acceptors (Lipinski definition) is 5. The van der Waals surface area contributed by atoms with E-state index in [2.05, 4.69) is 5.32 Å². The van der Waals surface area contributed by atoms with Crippen molar-refractivity contribution in [1.29, 1.82) is 0 Å². The Labute approximate surface area is 135 Å². The van der Waals surface area contributed by atoms with Gasteiger partial charge in [0, 0.05) is 31.4 Å². The average Bonchev–Trinajstić information content (AvgIpc) is 2.39. The third kappa shape index (κ3) is 4.54. The summed E-state index contributed by atoms with van der Waals surface area (Å²) in [5.74, 6) is -1.18. The van der Waals surface area contributed by atoms with Gasteiger partial charge < -0.3 is 5.32 Å². The van der Waals surface area contributed by atoms with Crippen LogP contribution in [0.5, 0.6) is 0 Å². The Morgan fingerprint density at radius 1 is 1.22 bits per heavy atom. The molecule has 1 heterocycles. The van der Waals surface area contributed by atoms with Gasteiger partial charge in [-0.2, -0.15) is 0 Å². The molecule has 0 aliphatic heterocycles. The molecule has 0 spiro atoms. The minimum atomic E-state index is -3.87. The average molecular weight is 345 g/mol. The van der Waals surface area contributed by atoms with Crippen molar-refractivity contribution < 1.29 is 13.2 Å². The van der Waals surface area contributed by atoms with Gasteiger partial charge >= 0.3 is 5.69 Å². The number of amides is 1. The Morgan fingerprint density at radius 3 is 2.22 bits per heavy atom. The molecule has 0 bridgehead atoms. The minimum absolute atomic E-state index is 0.0495. The Kier molecular flexibility index (Phi) is 5.25. The van der Waals surface area contributed by atoms with Gasteiger partial charge in [-0.1, -0.05) is 0 Å². The van der Waals surface area contributed by atoms with Crippen LogP contribution in [0.15, 0.2) is 15.7 Å². The van der Waals surface area contributed by atoms with Crippen molar-refractivity contribution in [2.45, 2.75) is 44.2 Å². The van der Waals surface area contributed by atoms with Crippen molar-refractivity contribution in [2.24, 2.45) is 14.1 Å². The number of rotatable bonds is 4. The van der Waals surface area contributed by atoms with Gasteiger partial charge in [0.25, 0.3) is 5.56 Å². The maximum Gasteiger partial charge on any atom is 0.330 e. The molecule has 130 valence electrons. The molecule has 1 amide bonds. The Morgan fingerprint density at radius 2 is 1.74 bits per heavy atom. The summed E-state index contributed by atoms with van der Waals surface area (Å²) in [7, 11) is -1.18. The molecule has 1 atom stereocenters. The number of nitrogens with zero attached hydrogens (tertiary/aromatic N) is 2. The molecule has 23 heavy (non-hydrogen) atoms. The van der Waals surface area contributed by atoms with E-state index in [9.17, 15) is 22.8 Å². The lowest BCUT2D eigenvalue weighted by Gasteiger charge is -2.23. The second kappa shape index (κ2) is 6.31. The quantitative estimate of drug-likeness (QED) is 0.777. The van der Waals surface area contributed by atoms with Crippen LogP contribution in [-0.2, 0) is 34.5 Å². The SMILES string of the molecule is CC(C(=O)NC(C)(C)C)S(=O)(=O)Cc1cc(=O)n(C)c(=O)n1C. The first-order chi connectivity index (χ1) is 10.3. The van der Waals surface area contributed by atoms with Crippen molar-refractivity contribution in [3.8, 4) is 0 Å². The lowest BCUT2D eigenvalue weighted by atomic mass is 10.1. The first-order valence-corrected chi connectivity index (χ1v) is 8.77. The van der Waals surface area contributed by atoms with E-state index in [1.54, 1.807) is 20.8 Å². The van der Waals surface area contributed by atoms with Crippen LogP contribution in [0.1, 0.15) is 33.4 Å². The molecular formula is C14H23N3O5S. The normalized spacial score (nSPS) is 13.7. The molecular weight excluding hydrogens is 322 g/mol. The third-order valence-electron chi connectivity index (χ3n) is 3.38. The lowest BCUT2D eigenvalue weighted by Crippen LogP contribution is -2.47. The van der Waals surface area contributed by atoms with Crippen LogP contribution in [0.2, 0.25) is 0 Å². The van der Waals surface area contributed by atoms with Crippen LogP contribution in [0.3, 0.4) is 0 Å². The maximum atomic E-state index is 12.4. The van der Waals surface area contributed by atoms with Crippen LogP contribution in [-0.4, -0.2) is 34.2 Å². The summed E-state index contributed by atoms with van der Waals surface area (Å²) >= 11 is 0. The van der Waals surface area contributed by atoms with Gasteiger partial charge in [-0.25, -0.2) is 13.2 Å². The number of nitrogens with one attached hydrogen (secondary N) is 1. The minimum Gasteiger partial charge on any atom is -0.350 e. The molecule has 8 nitrogen and oxygen atoms in total. The number of sulfone groups is 1. The summed E-state index contributed by atoms with van der Waals surface area (Å²) in [6.07, 6.45) is 0. The third-order valence-corrected chi connectivity index (χ3v) is 5.37. The fourth-order valence-electron chi connectivity index (χ4n) is 1.88. The monoisotopic (exact) mass is 345 g/mol. The van der Waals surface area contributed by atoms with Gasteiger partial charge in [0.1, 0.15) is 5.25 Å². The maximum absolute atomic E-state index is 12.4. The van der Waals surface area contributed by atoms with Crippen LogP contribution in [0.4, 0.5) is 0 Å². The van der Waals surface area contributed by atoms with Gasteiger partial charge in [0.15, 0.2) is 9.84 Å². The molecule has 1 aromatic heterocycles. The summed E-state index contributed by atoms with van der Waals surface area (Å²) in [6, 6.07) is 1.09. The zero-order chi connectivity index (χ0) is 18.2. The van der Waals surface area contributed by atoms with E-state index in [1.165, 1.54) is 21.0 Å². The first kappa shape index (κ1) is 19.1. The fraction of sp³-hybridized carbons (Fsp3) is 0.643. The zero-order valence-corrected chi connectivity index (χ0v) is 15.0. The summed E-state index contributed by atoms with van der Waals surface area (Å²) in [6.45, 7) is 6.52. The summed E-state index contributed by atoms with van der Waals surface area (Å²) in [4.78, 5) is 35.5. The standard InChI is InChI=1S/C14H23N3O5S/c1-9(12(19)15-14(2,3)4)23(21,22)8-10-7-11(18)17(6)13(20)16(10)5/h7,9H,8H2,1-6H3,(H,15,19). The molecule has 0 aromatic carbocycles. The zero-order valence-electron chi connectivity index (χ0n) is 14.2. The van der Waals surface area contributed by atoms with Crippen LogP contribution in [0.25, 0.3) is 0 Å². The number of carbonyl (C=O) groups excluding carboxylic acids is 1. The topological polar surface area (TPSA) is 107 Å². The number of carbonyl (C=O) groups is 1. The Balaban J connectivity index is 3.16. The molecule has 0 saturated heterocycles. The Bertz CT molecular complexity index is 827. The summed E-state index contributed by atoms with van der Waals surface area (Å²) in [5.41, 5.74) is -1.72. The first-order valence-electron chi connectivity index (χ1n) is 7.06. The van der Waals surface area contributed by atoms with Crippen molar-refractivity contribution in [1.82, 2.24) is 14.5 Å². The molecule has 9 heteroatoms. The van der Waals surface area contributed by atoms with Crippen molar-refractivity contribution in [3.05, 3.63) is 32.6 Å². The molecule has 0 fully saturated rings. The van der Waals surface area contributed by atoms with E-state index in [-0.39, 0.29) is 5.69 Å². The highest BCUT2D eigenvalue weighted by Gasteiger charge is 2.31. The predicted molar refractivity (Wildman–Crippen MR) is 86.9 cm³/mol. The molecule has 1 aromatic rings. The van der Waals surface area contributed by atoms with E-state index in [0.29, 0.717) is 0 Å². The highest BCUT2D eigenvalue weighted by molar-refractivity contribution is 7.92. The molecule has 0 aliphatic rings. The van der Waals surface area contributed by atoms with Gasteiger partial charge in [-0.05, 0) is 27.7 Å². The van der Waals surface area contributed by atoms with E-state index in [4.69, 9.17) is 0 Å². The van der Waals surface area contributed by atoms with E-state index < -0.39 is 43.5 Å². The van der Waals surface area contributed by atoms with Crippen molar-refractivity contribution >= 4 is 15.7 Å². The van der Waals surface area contributed by atoms with E-state index in [0.717, 1.165) is 15.2 Å². The highest BCUT2D eigenvalue weighted by atomic mass is 32.2. The second-order valence-electron chi connectivity index (χ2n) is 6.56. The highest BCUT2D eigenvalue weighted by Crippen LogP contribution is 2.11. The lowest BCUT2D eigenvalue weighted by molar-refractivity contribution is -0.121. The number of hydrogen-bond donors (Lipinski definition) is 1. The van der Waals surface area contributed by atoms with Gasteiger partial charge in [0.05, 0.1) is 5.75 Å². The smallest absolute Gasteiger partial charge is 0.330 e. The van der Waals surface area contributed by atoms with Crippen molar-refractivity contribution in [2.75, 3.05) is 0 Å². The predicted octanol–water partition coefficient (Wildman–Crippen LogP) is -0.698. The van der Waals surface area contributed by atoms with E-state index in [1.807, 2.05) is 0 Å². The van der Waals surface area contributed by atoms with Crippen LogP contribution >= 0.6 is 0 Å². The van der Waals surface area contributed by atoms with Gasteiger partial charge in [-0.3, -0.25) is 18.7 Å². The molecule has 0 aliphatic carbocycles. The Hall–Kier alpha value is -1.90. The second-order valence-corrected chi connectivity index (χ2v) is 8.88. The summed E-state index contributed by atoms with van der Waals surface area (Å²) in [5, 5.41) is 1.31. The largest absolute Gasteiger partial charge is 0.350 e. The molecule has 1 rings (SSSR count). The molecule has 1 N–H and O–H groups in total. The van der Waals surface area contributed by atoms with Gasteiger partial charge in [-0.15, -0.1) is 0 Å².